The van der Waals surface area contributed by atoms with Gasteiger partial charge >= 0.3 is 0 Å². The lowest BCUT2D eigenvalue weighted by Crippen LogP contribution is -2.51. The molecule has 2 unspecified atom stereocenters. The van der Waals surface area contributed by atoms with Gasteiger partial charge in [-0.05, 0) is 51.7 Å². The second kappa shape index (κ2) is 6.53. The van der Waals surface area contributed by atoms with Gasteiger partial charge in [0, 0.05) is 25.0 Å². The Morgan fingerprint density at radius 3 is 2.67 bits per heavy atom. The third kappa shape index (κ3) is 3.69. The van der Waals surface area contributed by atoms with Crippen molar-refractivity contribution in [3.63, 3.8) is 0 Å². The zero-order chi connectivity index (χ0) is 13.0. The van der Waals surface area contributed by atoms with Gasteiger partial charge in [-0.1, -0.05) is 6.92 Å². The van der Waals surface area contributed by atoms with E-state index >= 15 is 0 Å². The van der Waals surface area contributed by atoms with Crippen molar-refractivity contribution in [2.75, 3.05) is 26.2 Å². The van der Waals surface area contributed by atoms with Crippen LogP contribution in [0.2, 0.25) is 0 Å². The van der Waals surface area contributed by atoms with E-state index in [0.717, 1.165) is 18.9 Å². The van der Waals surface area contributed by atoms with E-state index in [4.69, 9.17) is 0 Å². The summed E-state index contributed by atoms with van der Waals surface area (Å²) in [5.74, 6) is 1.00. The predicted octanol–water partition coefficient (Wildman–Crippen LogP) is 0.975. The van der Waals surface area contributed by atoms with E-state index in [1.165, 1.54) is 32.5 Å². The van der Waals surface area contributed by atoms with Crippen LogP contribution in [0.4, 0.5) is 0 Å². The van der Waals surface area contributed by atoms with E-state index in [0.29, 0.717) is 18.5 Å². The first kappa shape index (κ1) is 13.8. The molecule has 4 nitrogen and oxygen atoms in total. The van der Waals surface area contributed by atoms with E-state index in [9.17, 15) is 4.79 Å². The van der Waals surface area contributed by atoms with Crippen LogP contribution in [0.5, 0.6) is 0 Å². The molecule has 2 N–H and O–H groups in total. The van der Waals surface area contributed by atoms with Gasteiger partial charge in [-0.2, -0.15) is 0 Å². The summed E-state index contributed by atoms with van der Waals surface area (Å²) in [5.41, 5.74) is 0. The maximum atomic E-state index is 11.1. The molecule has 0 aromatic heterocycles. The summed E-state index contributed by atoms with van der Waals surface area (Å²) in [6.07, 6.45) is 4.28. The largest absolute Gasteiger partial charge is 0.355 e. The van der Waals surface area contributed by atoms with Crippen molar-refractivity contribution in [3.05, 3.63) is 0 Å². The van der Waals surface area contributed by atoms with Gasteiger partial charge in [-0.15, -0.1) is 0 Å². The quantitative estimate of drug-likeness (QED) is 0.785. The highest BCUT2D eigenvalue weighted by molar-refractivity contribution is 5.76. The van der Waals surface area contributed by atoms with Crippen molar-refractivity contribution in [2.45, 2.75) is 51.6 Å². The van der Waals surface area contributed by atoms with Crippen molar-refractivity contribution >= 4 is 5.91 Å². The lowest BCUT2D eigenvalue weighted by atomic mass is 9.89. The Bertz CT molecular complexity index is 264. The predicted molar refractivity (Wildman–Crippen MR) is 73.5 cm³/mol. The molecule has 1 amide bonds. The van der Waals surface area contributed by atoms with Crippen molar-refractivity contribution in [3.8, 4) is 0 Å². The van der Waals surface area contributed by atoms with Crippen LogP contribution in [0.25, 0.3) is 0 Å². The molecule has 4 heteroatoms. The maximum absolute atomic E-state index is 11.1. The Hall–Kier alpha value is -0.610. The summed E-state index contributed by atoms with van der Waals surface area (Å²) in [6, 6.07) is 1.05. The fraction of sp³-hybridized carbons (Fsp3) is 0.929. The van der Waals surface area contributed by atoms with E-state index in [1.54, 1.807) is 0 Å². The highest BCUT2D eigenvalue weighted by Crippen LogP contribution is 2.21. The van der Waals surface area contributed by atoms with Gasteiger partial charge in [-0.3, -0.25) is 4.79 Å². The third-order valence-corrected chi connectivity index (χ3v) is 4.55. The molecule has 0 bridgehead atoms. The van der Waals surface area contributed by atoms with Crippen LogP contribution in [-0.2, 0) is 4.79 Å². The molecule has 0 aliphatic carbocycles. The number of piperidine rings is 2. The first-order chi connectivity index (χ1) is 8.69. The number of nitrogens with one attached hydrogen (secondary N) is 2. The van der Waals surface area contributed by atoms with Gasteiger partial charge in [0.05, 0.1) is 0 Å². The lowest BCUT2D eigenvalue weighted by Gasteiger charge is -2.36. The first-order valence-corrected chi connectivity index (χ1v) is 7.44. The number of hydrogen-bond acceptors (Lipinski definition) is 3. The highest BCUT2D eigenvalue weighted by Gasteiger charge is 2.26. The van der Waals surface area contributed by atoms with Gasteiger partial charge in [0.25, 0.3) is 0 Å². The van der Waals surface area contributed by atoms with E-state index in [2.05, 4.69) is 29.4 Å². The lowest BCUT2D eigenvalue weighted by molar-refractivity contribution is -0.122. The Kier molecular flexibility index (Phi) is 5.01. The Morgan fingerprint density at radius 1 is 1.39 bits per heavy atom. The van der Waals surface area contributed by atoms with Crippen LogP contribution in [-0.4, -0.2) is 49.1 Å². The summed E-state index contributed by atoms with van der Waals surface area (Å²) in [4.78, 5) is 13.7. The maximum Gasteiger partial charge on any atom is 0.220 e. The van der Waals surface area contributed by atoms with Crippen molar-refractivity contribution in [1.29, 1.82) is 0 Å². The fourth-order valence-electron chi connectivity index (χ4n) is 3.15. The third-order valence-electron chi connectivity index (χ3n) is 4.55. The molecule has 0 radical (unpaired) electrons. The monoisotopic (exact) mass is 253 g/mol. The molecule has 0 aromatic carbocycles. The number of carbonyl (C=O) groups excluding carboxylic acids is 1. The zero-order valence-corrected chi connectivity index (χ0v) is 11.7. The molecule has 0 aromatic rings. The molecule has 2 saturated heterocycles. The average Bonchev–Trinajstić information content (AvgIpc) is 2.41. The minimum atomic E-state index is 0.206. The van der Waals surface area contributed by atoms with Crippen LogP contribution in [0.3, 0.4) is 0 Å². The van der Waals surface area contributed by atoms with Crippen molar-refractivity contribution < 1.29 is 4.79 Å². The molecule has 0 saturated carbocycles. The minimum absolute atomic E-state index is 0.206. The molecule has 2 aliphatic rings. The van der Waals surface area contributed by atoms with Gasteiger partial charge in [0.15, 0.2) is 0 Å². The van der Waals surface area contributed by atoms with E-state index in [-0.39, 0.29) is 5.91 Å². The molecule has 2 fully saturated rings. The van der Waals surface area contributed by atoms with Crippen molar-refractivity contribution in [2.24, 2.45) is 5.92 Å². The summed E-state index contributed by atoms with van der Waals surface area (Å²) >= 11 is 0. The second-order valence-corrected chi connectivity index (χ2v) is 5.77. The molecule has 2 aliphatic heterocycles. The minimum Gasteiger partial charge on any atom is -0.355 e. The molecule has 18 heavy (non-hydrogen) atoms. The Morgan fingerprint density at radius 2 is 2.11 bits per heavy atom. The Balaban J connectivity index is 1.71. The topological polar surface area (TPSA) is 44.4 Å². The van der Waals surface area contributed by atoms with Crippen molar-refractivity contribution in [1.82, 2.24) is 15.5 Å². The summed E-state index contributed by atoms with van der Waals surface area (Å²) in [7, 11) is 0. The van der Waals surface area contributed by atoms with E-state index in [1.807, 2.05) is 0 Å². The molecular formula is C14H27N3O. The van der Waals surface area contributed by atoms with Crippen LogP contribution in [0.1, 0.15) is 39.5 Å². The van der Waals surface area contributed by atoms with Gasteiger partial charge < -0.3 is 15.5 Å². The summed E-state index contributed by atoms with van der Waals surface area (Å²) in [6.45, 7) is 9.03. The normalized spacial score (nSPS) is 29.0. The van der Waals surface area contributed by atoms with E-state index < -0.39 is 0 Å². The van der Waals surface area contributed by atoms with Crippen LogP contribution < -0.4 is 10.6 Å². The molecule has 2 heterocycles. The fourth-order valence-corrected chi connectivity index (χ4v) is 3.15. The number of rotatable bonds is 4. The molecule has 2 atom stereocenters. The van der Waals surface area contributed by atoms with Crippen LogP contribution in [0, 0.1) is 5.92 Å². The summed E-state index contributed by atoms with van der Waals surface area (Å²) < 4.78 is 0. The number of nitrogens with zero attached hydrogens (tertiary/aromatic N) is 1. The van der Waals surface area contributed by atoms with Gasteiger partial charge in [0.2, 0.25) is 5.91 Å². The molecule has 104 valence electrons. The van der Waals surface area contributed by atoms with Gasteiger partial charge in [0.1, 0.15) is 0 Å². The Labute approximate surface area is 110 Å². The second-order valence-electron chi connectivity index (χ2n) is 5.77. The number of hydrogen-bond donors (Lipinski definition) is 2. The van der Waals surface area contributed by atoms with Gasteiger partial charge in [-0.25, -0.2) is 0 Å². The summed E-state index contributed by atoms with van der Waals surface area (Å²) in [5, 5.41) is 6.66. The first-order valence-electron chi connectivity index (χ1n) is 7.44. The van der Waals surface area contributed by atoms with Crippen LogP contribution in [0.15, 0.2) is 0 Å². The highest BCUT2D eigenvalue weighted by atomic mass is 16.1. The molecule has 2 rings (SSSR count). The van der Waals surface area contributed by atoms with Crippen LogP contribution >= 0.6 is 0 Å². The number of amides is 1. The number of likely N-dealkylation sites (tertiary alicyclic amines) is 1. The number of carbonyl (C=O) groups is 1. The average molecular weight is 253 g/mol. The molecular weight excluding hydrogens is 226 g/mol. The SMILES string of the molecule is CCN1CCC(C(C)NC2CCC(=O)NC2)CC1. The smallest absolute Gasteiger partial charge is 0.220 e. The molecule has 0 spiro atoms. The zero-order valence-electron chi connectivity index (χ0n) is 11.7. The standard InChI is InChI=1S/C14H27N3O/c1-3-17-8-6-12(7-9-17)11(2)16-13-4-5-14(18)15-10-13/h11-13,16H,3-10H2,1-2H3,(H,15,18).